The fourth-order valence-electron chi connectivity index (χ4n) is 4.42. The van der Waals surface area contributed by atoms with Crippen LogP contribution in [0.25, 0.3) is 0 Å². The first-order valence-electron chi connectivity index (χ1n) is 10.5. The lowest BCUT2D eigenvalue weighted by Gasteiger charge is -2.39. The molecule has 0 aliphatic carbocycles. The number of amides is 1. The van der Waals surface area contributed by atoms with E-state index < -0.39 is 6.04 Å². The molecule has 4 rings (SSSR count). The lowest BCUT2D eigenvalue weighted by Crippen LogP contribution is -2.54. The van der Waals surface area contributed by atoms with Gasteiger partial charge in [-0.2, -0.15) is 0 Å². The van der Waals surface area contributed by atoms with Gasteiger partial charge in [-0.15, -0.1) is 0 Å². The molecule has 1 fully saturated rings. The molecule has 1 amide bonds. The number of fused-ring (bicyclic) bond motifs is 1. The SMILES string of the molecule is COC(=O)C1Cc2ccccc2CN1CC(=O)N1CCN(c2cccc(C)c2)CC1. The summed E-state index contributed by atoms with van der Waals surface area (Å²) in [5.41, 5.74) is 4.78. The molecule has 2 aromatic rings. The van der Waals surface area contributed by atoms with Crippen LogP contribution in [0.15, 0.2) is 48.5 Å². The number of benzene rings is 2. The zero-order chi connectivity index (χ0) is 21.1. The van der Waals surface area contributed by atoms with Gasteiger partial charge in [0.1, 0.15) is 6.04 Å². The van der Waals surface area contributed by atoms with E-state index in [1.807, 2.05) is 21.9 Å². The van der Waals surface area contributed by atoms with Crippen LogP contribution in [0.5, 0.6) is 0 Å². The van der Waals surface area contributed by atoms with Crippen molar-refractivity contribution in [2.45, 2.75) is 25.9 Å². The number of aryl methyl sites for hydroxylation is 1. The van der Waals surface area contributed by atoms with Gasteiger partial charge in [0.2, 0.25) is 5.91 Å². The van der Waals surface area contributed by atoms with Crippen LogP contribution in [0.2, 0.25) is 0 Å². The van der Waals surface area contributed by atoms with Crippen LogP contribution < -0.4 is 4.90 Å². The fourth-order valence-corrected chi connectivity index (χ4v) is 4.42. The maximum atomic E-state index is 13.0. The van der Waals surface area contributed by atoms with Crippen molar-refractivity contribution in [2.75, 3.05) is 44.7 Å². The molecule has 0 spiro atoms. The molecule has 6 heteroatoms. The minimum atomic E-state index is -0.414. The first-order chi connectivity index (χ1) is 14.5. The van der Waals surface area contributed by atoms with Gasteiger partial charge in [0.25, 0.3) is 0 Å². The van der Waals surface area contributed by atoms with E-state index in [2.05, 4.69) is 48.2 Å². The molecule has 0 aromatic heterocycles. The Balaban J connectivity index is 1.40. The summed E-state index contributed by atoms with van der Waals surface area (Å²) in [6.07, 6.45) is 0.581. The molecular formula is C24H29N3O3. The van der Waals surface area contributed by atoms with Gasteiger partial charge in [-0.3, -0.25) is 14.5 Å². The average Bonchev–Trinajstić information content (AvgIpc) is 2.78. The van der Waals surface area contributed by atoms with Crippen LogP contribution in [0.3, 0.4) is 0 Å². The second kappa shape index (κ2) is 8.88. The molecule has 0 radical (unpaired) electrons. The third kappa shape index (κ3) is 4.33. The summed E-state index contributed by atoms with van der Waals surface area (Å²) >= 11 is 0. The Morgan fingerprint density at radius 2 is 1.73 bits per heavy atom. The summed E-state index contributed by atoms with van der Waals surface area (Å²) in [5, 5.41) is 0. The third-order valence-corrected chi connectivity index (χ3v) is 6.16. The summed E-state index contributed by atoms with van der Waals surface area (Å²) in [7, 11) is 1.41. The Labute approximate surface area is 178 Å². The lowest BCUT2D eigenvalue weighted by molar-refractivity contribution is -0.149. The molecule has 2 heterocycles. The number of methoxy groups -OCH3 is 1. The predicted octanol–water partition coefficient (Wildman–Crippen LogP) is 2.24. The topological polar surface area (TPSA) is 53.1 Å². The smallest absolute Gasteiger partial charge is 0.323 e. The molecule has 30 heavy (non-hydrogen) atoms. The standard InChI is InChI=1S/C24H29N3O3/c1-18-6-5-9-21(14-18)25-10-12-26(13-11-25)23(28)17-27-16-20-8-4-3-7-19(20)15-22(27)24(29)30-2/h3-9,14,22H,10-13,15-17H2,1-2H3. The number of hydrogen-bond acceptors (Lipinski definition) is 5. The van der Waals surface area contributed by atoms with Gasteiger partial charge in [-0.1, -0.05) is 36.4 Å². The number of hydrogen-bond donors (Lipinski definition) is 0. The Hall–Kier alpha value is -2.86. The maximum Gasteiger partial charge on any atom is 0.323 e. The first kappa shape index (κ1) is 20.4. The number of carbonyl (C=O) groups is 2. The number of anilines is 1. The first-order valence-corrected chi connectivity index (χ1v) is 10.5. The van der Waals surface area contributed by atoms with Crippen molar-refractivity contribution in [1.82, 2.24) is 9.80 Å². The second-order valence-electron chi connectivity index (χ2n) is 8.12. The average molecular weight is 408 g/mol. The van der Waals surface area contributed by atoms with E-state index in [9.17, 15) is 9.59 Å². The highest BCUT2D eigenvalue weighted by atomic mass is 16.5. The number of ether oxygens (including phenoxy) is 1. The fraction of sp³-hybridized carbons (Fsp3) is 0.417. The van der Waals surface area contributed by atoms with Gasteiger partial charge in [-0.05, 0) is 42.2 Å². The second-order valence-corrected chi connectivity index (χ2v) is 8.12. The number of nitrogens with zero attached hydrogens (tertiary/aromatic N) is 3. The van der Waals surface area contributed by atoms with Gasteiger partial charge in [0.05, 0.1) is 13.7 Å². The van der Waals surface area contributed by atoms with E-state index in [-0.39, 0.29) is 18.4 Å². The summed E-state index contributed by atoms with van der Waals surface area (Å²) in [6.45, 7) is 5.94. The van der Waals surface area contributed by atoms with E-state index in [1.54, 1.807) is 0 Å². The monoisotopic (exact) mass is 407 g/mol. The number of rotatable bonds is 4. The molecule has 0 bridgehead atoms. The molecule has 2 aliphatic rings. The lowest BCUT2D eigenvalue weighted by atomic mass is 9.94. The van der Waals surface area contributed by atoms with Gasteiger partial charge in [0, 0.05) is 38.4 Å². The van der Waals surface area contributed by atoms with E-state index >= 15 is 0 Å². The Morgan fingerprint density at radius 3 is 2.43 bits per heavy atom. The largest absolute Gasteiger partial charge is 0.468 e. The summed E-state index contributed by atoms with van der Waals surface area (Å²) in [4.78, 5) is 31.6. The molecule has 0 saturated carbocycles. The number of carbonyl (C=O) groups excluding carboxylic acids is 2. The Kier molecular flexibility index (Phi) is 6.04. The van der Waals surface area contributed by atoms with Gasteiger partial charge >= 0.3 is 5.97 Å². The maximum absolute atomic E-state index is 13.0. The predicted molar refractivity (Wildman–Crippen MR) is 116 cm³/mol. The highest BCUT2D eigenvalue weighted by Gasteiger charge is 2.34. The molecular weight excluding hydrogens is 378 g/mol. The zero-order valence-corrected chi connectivity index (χ0v) is 17.7. The molecule has 6 nitrogen and oxygen atoms in total. The van der Waals surface area contributed by atoms with E-state index in [4.69, 9.17) is 4.74 Å². The molecule has 2 aliphatic heterocycles. The van der Waals surface area contributed by atoms with Crippen LogP contribution >= 0.6 is 0 Å². The molecule has 1 saturated heterocycles. The quantitative estimate of drug-likeness (QED) is 0.728. The van der Waals surface area contributed by atoms with Gasteiger partial charge in [0.15, 0.2) is 0 Å². The summed E-state index contributed by atoms with van der Waals surface area (Å²) in [5.74, 6) is -0.200. The van der Waals surface area contributed by atoms with Crippen LogP contribution in [-0.4, -0.2) is 67.6 Å². The third-order valence-electron chi connectivity index (χ3n) is 6.16. The Morgan fingerprint density at radius 1 is 1.00 bits per heavy atom. The van der Waals surface area contributed by atoms with E-state index in [0.29, 0.717) is 26.1 Å². The molecule has 2 aromatic carbocycles. The highest BCUT2D eigenvalue weighted by Crippen LogP contribution is 2.24. The molecule has 1 unspecified atom stereocenters. The van der Waals surface area contributed by atoms with E-state index in [0.717, 1.165) is 18.7 Å². The minimum absolute atomic E-state index is 0.0761. The van der Waals surface area contributed by atoms with Crippen molar-refractivity contribution in [3.63, 3.8) is 0 Å². The minimum Gasteiger partial charge on any atom is -0.468 e. The van der Waals surface area contributed by atoms with Crippen LogP contribution in [-0.2, 0) is 27.3 Å². The van der Waals surface area contributed by atoms with Crippen molar-refractivity contribution in [3.05, 3.63) is 65.2 Å². The zero-order valence-electron chi connectivity index (χ0n) is 17.7. The summed E-state index contributed by atoms with van der Waals surface area (Å²) < 4.78 is 5.02. The molecule has 0 N–H and O–H groups in total. The van der Waals surface area contributed by atoms with Crippen molar-refractivity contribution < 1.29 is 14.3 Å². The van der Waals surface area contributed by atoms with Crippen molar-refractivity contribution in [1.29, 1.82) is 0 Å². The van der Waals surface area contributed by atoms with Crippen LogP contribution in [0, 0.1) is 6.92 Å². The van der Waals surface area contributed by atoms with Crippen molar-refractivity contribution in [3.8, 4) is 0 Å². The molecule has 158 valence electrons. The van der Waals surface area contributed by atoms with Crippen LogP contribution in [0.1, 0.15) is 16.7 Å². The van der Waals surface area contributed by atoms with Gasteiger partial charge < -0.3 is 14.5 Å². The highest BCUT2D eigenvalue weighted by molar-refractivity contribution is 5.81. The van der Waals surface area contributed by atoms with Crippen LogP contribution in [0.4, 0.5) is 5.69 Å². The van der Waals surface area contributed by atoms with Gasteiger partial charge in [-0.25, -0.2) is 0 Å². The normalized spacial score (nSPS) is 19.3. The number of esters is 1. The number of piperazine rings is 1. The van der Waals surface area contributed by atoms with Crippen molar-refractivity contribution >= 4 is 17.6 Å². The van der Waals surface area contributed by atoms with E-state index in [1.165, 1.54) is 23.9 Å². The van der Waals surface area contributed by atoms with Crippen molar-refractivity contribution in [2.24, 2.45) is 0 Å². The molecule has 1 atom stereocenters. The Bertz CT molecular complexity index is 921. The summed E-state index contributed by atoms with van der Waals surface area (Å²) in [6, 6.07) is 16.2.